The van der Waals surface area contributed by atoms with Gasteiger partial charge < -0.3 is 26.4 Å². The first-order valence-electron chi connectivity index (χ1n) is 16.0. The van der Waals surface area contributed by atoms with Crippen LogP contribution in [0.2, 0.25) is 0 Å². The van der Waals surface area contributed by atoms with Crippen LogP contribution in [-0.2, 0) is 41.6 Å². The maximum atomic E-state index is 14.0. The van der Waals surface area contributed by atoms with Gasteiger partial charge in [0.05, 0.1) is 6.04 Å². The number of carbonyl (C=O) groups excluding carboxylic acids is 5. The third kappa shape index (κ3) is 9.72. The van der Waals surface area contributed by atoms with E-state index in [0.717, 1.165) is 16.7 Å². The number of Topliss-reactive ketones (excluding diaryl/α,β-unsaturated/α-hetero) is 1. The lowest BCUT2D eigenvalue weighted by Gasteiger charge is -2.37. The number of alkyl halides is 1. The molecule has 0 spiro atoms. The van der Waals surface area contributed by atoms with E-state index < -0.39 is 77.5 Å². The number of nitrogens with zero attached hydrogens (tertiary/aromatic N) is 1. The molecule has 1 aliphatic carbocycles. The fourth-order valence-electron chi connectivity index (χ4n) is 6.27. The Bertz CT molecular complexity index is 1560. The number of allylic oxidation sites excluding steroid dienone is 1. The van der Waals surface area contributed by atoms with Crippen LogP contribution in [0.3, 0.4) is 0 Å². The zero-order valence-electron chi connectivity index (χ0n) is 26.5. The number of rotatable bonds is 16. The van der Waals surface area contributed by atoms with Gasteiger partial charge in [-0.3, -0.25) is 28.8 Å². The van der Waals surface area contributed by atoms with Crippen LogP contribution in [0.1, 0.15) is 61.6 Å². The number of hydrogen-bond acceptors (Lipinski definition) is 6. The van der Waals surface area contributed by atoms with Crippen LogP contribution in [0.15, 0.2) is 54.6 Å². The minimum Gasteiger partial charge on any atom is -0.481 e. The summed E-state index contributed by atoms with van der Waals surface area (Å²) in [6.45, 7) is 0.190. The minimum absolute atomic E-state index is 0.101. The van der Waals surface area contributed by atoms with Crippen molar-refractivity contribution in [2.45, 2.75) is 75.9 Å². The maximum absolute atomic E-state index is 14.0. The normalized spacial score (nSPS) is 17.3. The van der Waals surface area contributed by atoms with Crippen LogP contribution in [0, 0.1) is 11.7 Å². The number of nitrogens with two attached hydrogens (primary N) is 1. The Morgan fingerprint density at radius 3 is 2.40 bits per heavy atom. The van der Waals surface area contributed by atoms with Gasteiger partial charge in [-0.1, -0.05) is 42.5 Å². The quantitative estimate of drug-likeness (QED) is 0.197. The predicted octanol–water partition coefficient (Wildman–Crippen LogP) is 2.91. The predicted molar refractivity (Wildman–Crippen MR) is 176 cm³/mol. The van der Waals surface area contributed by atoms with Crippen molar-refractivity contribution in [3.05, 3.63) is 77.1 Å². The molecule has 48 heavy (non-hydrogen) atoms. The van der Waals surface area contributed by atoms with E-state index >= 15 is 0 Å². The van der Waals surface area contributed by atoms with Crippen LogP contribution in [0.25, 0.3) is 5.57 Å². The summed E-state index contributed by atoms with van der Waals surface area (Å²) in [5.41, 5.74) is 9.20. The molecular weight excluding hydrogens is 643 g/mol. The Morgan fingerprint density at radius 2 is 1.71 bits per heavy atom. The third-order valence-electron chi connectivity index (χ3n) is 8.80. The van der Waals surface area contributed by atoms with Crippen LogP contribution >= 0.6 is 11.6 Å². The van der Waals surface area contributed by atoms with E-state index in [2.05, 4.69) is 10.6 Å². The smallest absolute Gasteiger partial charge is 0.303 e. The number of fused-ring (bicyclic) bond motifs is 1. The lowest BCUT2D eigenvalue weighted by molar-refractivity contribution is -0.146. The highest BCUT2D eigenvalue weighted by atomic mass is 35.5. The maximum Gasteiger partial charge on any atom is 0.303 e. The van der Waals surface area contributed by atoms with E-state index in [9.17, 15) is 38.3 Å². The number of primary amides is 1. The van der Waals surface area contributed by atoms with Gasteiger partial charge in [-0.2, -0.15) is 0 Å². The van der Waals surface area contributed by atoms with Gasteiger partial charge in [0.15, 0.2) is 5.78 Å². The average Bonchev–Trinajstić information content (AvgIpc) is 3.48. The van der Waals surface area contributed by atoms with Crippen LogP contribution in [-0.4, -0.2) is 75.9 Å². The van der Waals surface area contributed by atoms with Crippen molar-refractivity contribution in [2.24, 2.45) is 11.7 Å². The second kappa shape index (κ2) is 17.0. The van der Waals surface area contributed by atoms with Crippen LogP contribution < -0.4 is 16.4 Å². The molecule has 0 radical (unpaired) electrons. The van der Waals surface area contributed by atoms with Crippen molar-refractivity contribution < 1.29 is 38.3 Å². The van der Waals surface area contributed by atoms with Crippen molar-refractivity contribution in [1.29, 1.82) is 0 Å². The summed E-state index contributed by atoms with van der Waals surface area (Å²) in [7, 11) is 0. The van der Waals surface area contributed by atoms with Crippen molar-refractivity contribution in [1.82, 2.24) is 15.5 Å². The number of hydrogen-bond donors (Lipinski definition) is 4. The highest BCUT2D eigenvalue weighted by Gasteiger charge is 2.38. The van der Waals surface area contributed by atoms with E-state index in [4.69, 9.17) is 17.3 Å². The Morgan fingerprint density at radius 1 is 0.979 bits per heavy atom. The Labute approximate surface area is 283 Å². The third-order valence-corrected chi connectivity index (χ3v) is 9.04. The van der Waals surface area contributed by atoms with E-state index in [0.29, 0.717) is 24.8 Å². The zero-order chi connectivity index (χ0) is 34.8. The van der Waals surface area contributed by atoms with Crippen molar-refractivity contribution in [3.8, 4) is 0 Å². The highest BCUT2D eigenvalue weighted by molar-refractivity contribution is 6.27. The molecule has 0 saturated carbocycles. The molecule has 1 saturated heterocycles. The summed E-state index contributed by atoms with van der Waals surface area (Å²) >= 11 is 5.63. The number of carboxylic acids is 1. The summed E-state index contributed by atoms with van der Waals surface area (Å²) in [4.78, 5) is 78.7. The van der Waals surface area contributed by atoms with E-state index in [1.807, 2.05) is 30.3 Å². The first-order valence-corrected chi connectivity index (χ1v) is 16.5. The van der Waals surface area contributed by atoms with Gasteiger partial charge in [-0.05, 0) is 72.9 Å². The molecule has 2 aromatic carbocycles. The summed E-state index contributed by atoms with van der Waals surface area (Å²) in [5, 5.41) is 14.5. The molecule has 4 atom stereocenters. The largest absolute Gasteiger partial charge is 0.481 e. The van der Waals surface area contributed by atoms with Crippen molar-refractivity contribution in [2.75, 3.05) is 12.4 Å². The first-order chi connectivity index (χ1) is 23.0. The molecule has 13 heteroatoms. The number of likely N-dealkylation sites (tertiary alicyclic amines) is 1. The monoisotopic (exact) mass is 682 g/mol. The fraction of sp³-hybridized carbons (Fsp3) is 0.429. The Kier molecular flexibility index (Phi) is 12.8. The second-order valence-corrected chi connectivity index (χ2v) is 12.5. The molecule has 1 fully saturated rings. The number of aliphatic carboxylic acids is 1. The molecule has 0 unspecified atom stereocenters. The van der Waals surface area contributed by atoms with E-state index in [-0.39, 0.29) is 38.6 Å². The molecule has 0 aromatic heterocycles. The summed E-state index contributed by atoms with van der Waals surface area (Å²) in [6.07, 6.45) is 3.51. The number of carbonyl (C=O) groups is 6. The topological polar surface area (TPSA) is 176 Å². The van der Waals surface area contributed by atoms with Crippen molar-refractivity contribution >= 4 is 52.6 Å². The summed E-state index contributed by atoms with van der Waals surface area (Å²) < 4.78 is 13.5. The van der Waals surface area contributed by atoms with E-state index in [1.165, 1.54) is 29.2 Å². The molecule has 2 aromatic rings. The summed E-state index contributed by atoms with van der Waals surface area (Å²) in [6, 6.07) is 10.0. The van der Waals surface area contributed by atoms with Crippen molar-refractivity contribution in [3.63, 3.8) is 0 Å². The zero-order valence-corrected chi connectivity index (χ0v) is 27.2. The molecule has 11 nitrogen and oxygen atoms in total. The number of halogens is 2. The van der Waals surface area contributed by atoms with Gasteiger partial charge in [0, 0.05) is 31.7 Å². The molecule has 256 valence electrons. The molecule has 4 amide bonds. The summed E-state index contributed by atoms with van der Waals surface area (Å²) in [5.74, 6) is -5.93. The second-order valence-electron chi connectivity index (χ2n) is 12.2. The van der Waals surface area contributed by atoms with Gasteiger partial charge in [0.1, 0.15) is 23.8 Å². The van der Waals surface area contributed by atoms with Gasteiger partial charge in [-0.25, -0.2) is 4.39 Å². The van der Waals surface area contributed by atoms with Gasteiger partial charge in [-0.15, -0.1) is 11.6 Å². The number of benzene rings is 2. The van der Waals surface area contributed by atoms with Gasteiger partial charge in [0.2, 0.25) is 23.6 Å². The van der Waals surface area contributed by atoms with Gasteiger partial charge in [0.25, 0.3) is 0 Å². The Balaban J connectivity index is 1.57. The lowest BCUT2D eigenvalue weighted by atomic mass is 9.88. The number of piperidine rings is 1. The molecule has 5 N–H and O–H groups in total. The Hall–Kier alpha value is -4.58. The molecule has 4 rings (SSSR count). The number of ketones is 1. The molecule has 1 heterocycles. The lowest BCUT2D eigenvalue weighted by Crippen LogP contribution is -2.59. The molecule has 0 bridgehead atoms. The number of amides is 4. The molecular formula is C35H40ClFN4O7. The first kappa shape index (κ1) is 36.3. The van der Waals surface area contributed by atoms with Gasteiger partial charge >= 0.3 is 5.97 Å². The van der Waals surface area contributed by atoms with Crippen LogP contribution in [0.4, 0.5) is 4.39 Å². The SMILES string of the molecule is NC(=O)[C@@H](CC(=O)[C@H](CC1=CCc2ccccc21)NC(=O)[C@@H]1CCCCN1C(=O)[C@H](CCC(=O)O)NC(=O)CCl)Cc1ccc(F)cc1. The number of nitrogens with one attached hydrogen (secondary N) is 2. The van der Waals surface area contributed by atoms with E-state index in [1.54, 1.807) is 0 Å². The number of carboxylic acid groups (broad SMARTS) is 1. The molecule has 1 aliphatic heterocycles. The fourth-order valence-corrected chi connectivity index (χ4v) is 6.35. The highest BCUT2D eigenvalue weighted by Crippen LogP contribution is 2.31. The molecule has 2 aliphatic rings. The van der Waals surface area contributed by atoms with Crippen LogP contribution in [0.5, 0.6) is 0 Å². The standard InChI is InChI=1S/C35H40ClFN4O7/c36-20-31(43)39-27(14-15-32(44)45)35(48)41-16-4-3-7-29(41)34(47)40-28(18-23-11-10-22-5-1-2-6-26(22)23)30(42)19-24(33(38)46)17-21-8-12-25(37)13-9-21/h1-2,5-6,8-9,11-13,24,27-29H,3-4,7,10,14-20H2,(H2,38,46)(H,39,43)(H,40,47)(H,44,45)/t24-,27+,28+,29+/m1/s1. The average molecular weight is 683 g/mol. The minimum atomic E-state index is -1.21.